The van der Waals surface area contributed by atoms with Gasteiger partial charge in [0.1, 0.15) is 0 Å². The van der Waals surface area contributed by atoms with E-state index in [-0.39, 0.29) is 22.9 Å². The molecule has 0 saturated carbocycles. The van der Waals surface area contributed by atoms with Gasteiger partial charge in [-0.2, -0.15) is 0 Å². The second-order valence-corrected chi connectivity index (χ2v) is 7.13. The van der Waals surface area contributed by atoms with Crippen LogP contribution in [0.3, 0.4) is 0 Å². The molecule has 0 bridgehead atoms. The molecule has 0 aliphatic heterocycles. The fourth-order valence-electron chi connectivity index (χ4n) is 2.43. The maximum atomic E-state index is 12.6. The van der Waals surface area contributed by atoms with Crippen LogP contribution in [0.1, 0.15) is 25.3 Å². The van der Waals surface area contributed by atoms with E-state index in [0.717, 1.165) is 11.3 Å². The maximum absolute atomic E-state index is 12.6. The molecule has 7 heteroatoms. The third kappa shape index (κ3) is 5.88. The minimum absolute atomic E-state index is 0.109. The maximum Gasteiger partial charge on any atom is 0.246 e. The number of hydrogen-bond acceptors (Lipinski definition) is 2. The zero-order valence-electron chi connectivity index (χ0n) is 13.8. The van der Waals surface area contributed by atoms with Crippen molar-refractivity contribution in [2.75, 3.05) is 5.32 Å². The van der Waals surface area contributed by atoms with Crippen LogP contribution in [-0.4, -0.2) is 11.0 Å². The molecule has 0 heterocycles. The molecule has 132 valence electrons. The van der Waals surface area contributed by atoms with E-state index in [1.54, 1.807) is 30.3 Å². The average Bonchev–Trinajstić information content (AvgIpc) is 2.55. The Hall–Kier alpha value is -1.82. The van der Waals surface area contributed by atoms with Crippen molar-refractivity contribution in [2.45, 2.75) is 19.8 Å². The number of hydrogen-bond donors (Lipinski definition) is 3. The highest BCUT2D eigenvalue weighted by atomic mass is 35.5. The second kappa shape index (κ2) is 9.04. The zero-order valence-corrected chi connectivity index (χ0v) is 16.2. The summed E-state index contributed by atoms with van der Waals surface area (Å²) in [5.41, 5.74) is 7.00. The van der Waals surface area contributed by atoms with E-state index >= 15 is 0 Å². The van der Waals surface area contributed by atoms with E-state index in [1.165, 1.54) is 0 Å². The molecule has 0 spiro atoms. The number of carbonyl (C=O) groups is 1. The number of carbonyl (C=O) groups excluding carboxylic acids is 1. The van der Waals surface area contributed by atoms with E-state index in [1.807, 2.05) is 32.0 Å². The highest BCUT2D eigenvalue weighted by molar-refractivity contribution is 7.80. The fraction of sp³-hybridized carbons (Fsp3) is 0.222. The third-order valence-electron chi connectivity index (χ3n) is 3.56. The molecule has 0 aliphatic rings. The van der Waals surface area contributed by atoms with E-state index in [9.17, 15) is 4.79 Å². The van der Waals surface area contributed by atoms with Crippen molar-refractivity contribution >= 4 is 52.1 Å². The zero-order chi connectivity index (χ0) is 18.4. The highest BCUT2D eigenvalue weighted by Crippen LogP contribution is 2.25. The molecular formula is C18H19Cl2N3OS. The van der Waals surface area contributed by atoms with Crippen molar-refractivity contribution in [3.05, 3.63) is 64.1 Å². The van der Waals surface area contributed by atoms with Gasteiger partial charge >= 0.3 is 0 Å². The largest absolute Gasteiger partial charge is 0.331 e. The molecule has 0 radical (unpaired) electrons. The number of nitrogens with one attached hydrogen (secondary N) is 3. The van der Waals surface area contributed by atoms with Gasteiger partial charge in [-0.25, -0.2) is 0 Å². The average molecular weight is 396 g/mol. The third-order valence-corrected chi connectivity index (χ3v) is 4.25. The van der Waals surface area contributed by atoms with Crippen LogP contribution < -0.4 is 16.2 Å². The molecule has 4 nitrogen and oxygen atoms in total. The van der Waals surface area contributed by atoms with Gasteiger partial charge in [0.15, 0.2) is 5.11 Å². The Morgan fingerprint density at radius 2 is 1.68 bits per heavy atom. The first-order chi connectivity index (χ1) is 11.9. The lowest BCUT2D eigenvalue weighted by atomic mass is 9.88. The van der Waals surface area contributed by atoms with Gasteiger partial charge < -0.3 is 5.32 Å². The molecule has 2 rings (SSSR count). The minimum Gasteiger partial charge on any atom is -0.331 e. The quantitative estimate of drug-likeness (QED) is 0.516. The standard InChI is InChI=1S/C18H19Cl2N3OS/c1-11(2)16(12-6-8-13(19)9-7-12)17(24)22-23-18(25)21-15-5-3-4-14(20)10-15/h3-11,16H,1-2H3,(H,22,24)(H2,21,23,25)/t16-/m1/s1. The van der Waals surface area contributed by atoms with Crippen LogP contribution in [0.15, 0.2) is 48.5 Å². The van der Waals surface area contributed by atoms with Crippen molar-refractivity contribution in [3.8, 4) is 0 Å². The van der Waals surface area contributed by atoms with Gasteiger partial charge in [0.2, 0.25) is 5.91 Å². The van der Waals surface area contributed by atoms with Crippen LogP contribution in [0.2, 0.25) is 10.0 Å². The summed E-state index contributed by atoms with van der Waals surface area (Å²) in [6.07, 6.45) is 0. The smallest absolute Gasteiger partial charge is 0.246 e. The van der Waals surface area contributed by atoms with Crippen LogP contribution in [0.5, 0.6) is 0 Å². The Balaban J connectivity index is 1.96. The molecule has 2 aromatic rings. The molecule has 0 fully saturated rings. The molecule has 0 aliphatic carbocycles. The Labute approximate surface area is 162 Å². The molecule has 0 saturated heterocycles. The minimum atomic E-state index is -0.321. The van der Waals surface area contributed by atoms with Gasteiger partial charge in [-0.3, -0.25) is 15.6 Å². The lowest BCUT2D eigenvalue weighted by Gasteiger charge is -2.21. The summed E-state index contributed by atoms with van der Waals surface area (Å²) in [7, 11) is 0. The summed E-state index contributed by atoms with van der Waals surface area (Å²) >= 11 is 17.0. The monoisotopic (exact) mass is 395 g/mol. The number of hydrazine groups is 1. The number of benzene rings is 2. The van der Waals surface area contributed by atoms with E-state index in [4.69, 9.17) is 35.4 Å². The SMILES string of the molecule is CC(C)[C@@H](C(=O)NNC(=S)Nc1cccc(Cl)c1)c1ccc(Cl)cc1. The van der Waals surface area contributed by atoms with Crippen molar-refractivity contribution in [2.24, 2.45) is 5.92 Å². The summed E-state index contributed by atoms with van der Waals surface area (Å²) < 4.78 is 0. The highest BCUT2D eigenvalue weighted by Gasteiger charge is 2.24. The van der Waals surface area contributed by atoms with Gasteiger partial charge in [0, 0.05) is 15.7 Å². The van der Waals surface area contributed by atoms with E-state index in [2.05, 4.69) is 16.2 Å². The summed E-state index contributed by atoms with van der Waals surface area (Å²) in [5, 5.41) is 4.46. The summed E-state index contributed by atoms with van der Waals surface area (Å²) in [6, 6.07) is 14.4. The first-order valence-electron chi connectivity index (χ1n) is 7.74. The Kier molecular flexibility index (Phi) is 7.05. The molecule has 1 atom stereocenters. The van der Waals surface area contributed by atoms with Crippen molar-refractivity contribution < 1.29 is 4.79 Å². The van der Waals surface area contributed by atoms with E-state index < -0.39 is 0 Å². The Morgan fingerprint density at radius 3 is 2.28 bits per heavy atom. The topological polar surface area (TPSA) is 53.2 Å². The van der Waals surface area contributed by atoms with Gasteiger partial charge in [0.05, 0.1) is 5.92 Å². The van der Waals surface area contributed by atoms with Crippen molar-refractivity contribution in [3.63, 3.8) is 0 Å². The normalized spacial score (nSPS) is 11.7. The van der Waals surface area contributed by atoms with Crippen LogP contribution in [0.25, 0.3) is 0 Å². The summed E-state index contributed by atoms with van der Waals surface area (Å²) in [6.45, 7) is 3.97. The molecule has 2 aromatic carbocycles. The lowest BCUT2D eigenvalue weighted by molar-refractivity contribution is -0.124. The fourth-order valence-corrected chi connectivity index (χ4v) is 2.92. The van der Waals surface area contributed by atoms with E-state index in [0.29, 0.717) is 10.0 Å². The number of anilines is 1. The molecular weight excluding hydrogens is 377 g/mol. The Bertz CT molecular complexity index is 750. The number of rotatable bonds is 4. The molecule has 25 heavy (non-hydrogen) atoms. The summed E-state index contributed by atoms with van der Waals surface area (Å²) in [4.78, 5) is 12.6. The first-order valence-corrected chi connectivity index (χ1v) is 8.91. The molecule has 0 aromatic heterocycles. The van der Waals surface area contributed by atoms with Crippen molar-refractivity contribution in [1.82, 2.24) is 10.9 Å². The second-order valence-electron chi connectivity index (χ2n) is 5.85. The van der Waals surface area contributed by atoms with Crippen LogP contribution >= 0.6 is 35.4 Å². The summed E-state index contributed by atoms with van der Waals surface area (Å²) in [5.74, 6) is -0.385. The molecule has 1 amide bonds. The van der Waals surface area contributed by atoms with Gasteiger partial charge in [0.25, 0.3) is 0 Å². The predicted molar refractivity (Wildman–Crippen MR) is 108 cm³/mol. The van der Waals surface area contributed by atoms with Crippen LogP contribution in [0, 0.1) is 5.92 Å². The molecule has 3 N–H and O–H groups in total. The predicted octanol–water partition coefficient (Wildman–Crippen LogP) is 4.75. The van der Waals surface area contributed by atoms with Gasteiger partial charge in [-0.1, -0.05) is 55.2 Å². The number of halogens is 2. The lowest BCUT2D eigenvalue weighted by Crippen LogP contribution is -2.46. The van der Waals surface area contributed by atoms with Crippen LogP contribution in [0.4, 0.5) is 5.69 Å². The van der Waals surface area contributed by atoms with Gasteiger partial charge in [-0.05, 0) is 54.0 Å². The van der Waals surface area contributed by atoms with Crippen LogP contribution in [-0.2, 0) is 4.79 Å². The number of thiocarbonyl (C=S) groups is 1. The van der Waals surface area contributed by atoms with Crippen molar-refractivity contribution in [1.29, 1.82) is 0 Å². The Morgan fingerprint density at radius 1 is 1.00 bits per heavy atom. The van der Waals surface area contributed by atoms with Gasteiger partial charge in [-0.15, -0.1) is 0 Å². The molecule has 0 unspecified atom stereocenters. The number of amides is 1. The first kappa shape index (κ1) is 19.5.